The Morgan fingerprint density at radius 3 is 2.75 bits per heavy atom. The minimum Gasteiger partial charge on any atom is -0.478 e. The normalized spacial score (nSPS) is 10.9. The summed E-state index contributed by atoms with van der Waals surface area (Å²) in [6.07, 6.45) is 1.66. The number of nitrogens with zero attached hydrogens (tertiary/aromatic N) is 1. The van der Waals surface area contributed by atoms with Gasteiger partial charge in [0.05, 0.1) is 11.1 Å². The van der Waals surface area contributed by atoms with Gasteiger partial charge in [0.1, 0.15) is 0 Å². The second-order valence-electron chi connectivity index (χ2n) is 3.75. The molecule has 1 N–H and O–H groups in total. The molecule has 0 unspecified atom stereocenters. The van der Waals surface area contributed by atoms with Crippen molar-refractivity contribution in [3.8, 4) is 0 Å². The summed E-state index contributed by atoms with van der Waals surface area (Å²) >= 11 is 6.04. The number of halogens is 1. The van der Waals surface area contributed by atoms with Crippen LogP contribution in [0.25, 0.3) is 10.9 Å². The Morgan fingerprint density at radius 2 is 2.19 bits per heavy atom. The molecule has 16 heavy (non-hydrogen) atoms. The number of hydrogen-bond donors (Lipinski definition) is 1. The second-order valence-corrected chi connectivity index (χ2v) is 4.16. The van der Waals surface area contributed by atoms with Gasteiger partial charge in [0.15, 0.2) is 0 Å². The van der Waals surface area contributed by atoms with Crippen molar-refractivity contribution < 1.29 is 9.90 Å². The zero-order valence-electron chi connectivity index (χ0n) is 9.12. The standard InChI is InChI=1S/C12H12ClNO2/c1-3-14-6-9(12(15)16)8-4-7(2)10(13)5-11(8)14/h4-6H,3H2,1-2H3,(H,15,16). The fraction of sp³-hybridized carbons (Fsp3) is 0.250. The molecule has 3 nitrogen and oxygen atoms in total. The van der Waals surface area contributed by atoms with Gasteiger partial charge in [-0.05, 0) is 31.5 Å². The zero-order valence-corrected chi connectivity index (χ0v) is 9.88. The van der Waals surface area contributed by atoms with E-state index < -0.39 is 5.97 Å². The molecule has 84 valence electrons. The van der Waals surface area contributed by atoms with E-state index in [2.05, 4.69) is 0 Å². The van der Waals surface area contributed by atoms with E-state index in [1.54, 1.807) is 6.20 Å². The summed E-state index contributed by atoms with van der Waals surface area (Å²) in [4.78, 5) is 11.1. The maximum Gasteiger partial charge on any atom is 0.337 e. The van der Waals surface area contributed by atoms with Gasteiger partial charge in [0, 0.05) is 23.2 Å². The summed E-state index contributed by atoms with van der Waals surface area (Å²) in [6, 6.07) is 3.65. The van der Waals surface area contributed by atoms with Gasteiger partial charge < -0.3 is 9.67 Å². The number of carboxylic acid groups (broad SMARTS) is 1. The van der Waals surface area contributed by atoms with E-state index in [1.807, 2.05) is 30.5 Å². The Kier molecular flexibility index (Phi) is 2.64. The SMILES string of the molecule is CCn1cc(C(=O)O)c2cc(C)c(Cl)cc21. The zero-order chi connectivity index (χ0) is 11.9. The smallest absolute Gasteiger partial charge is 0.337 e. The van der Waals surface area contributed by atoms with Crippen LogP contribution in [-0.4, -0.2) is 15.6 Å². The van der Waals surface area contributed by atoms with Gasteiger partial charge in [0.25, 0.3) is 0 Å². The van der Waals surface area contributed by atoms with Crippen LogP contribution in [0.3, 0.4) is 0 Å². The predicted molar refractivity (Wildman–Crippen MR) is 64.3 cm³/mol. The fourth-order valence-electron chi connectivity index (χ4n) is 1.85. The van der Waals surface area contributed by atoms with Crippen molar-refractivity contribution >= 4 is 28.5 Å². The summed E-state index contributed by atoms with van der Waals surface area (Å²) < 4.78 is 1.89. The van der Waals surface area contributed by atoms with E-state index in [9.17, 15) is 4.79 Å². The van der Waals surface area contributed by atoms with Crippen LogP contribution in [0.1, 0.15) is 22.8 Å². The number of benzene rings is 1. The topological polar surface area (TPSA) is 42.2 Å². The van der Waals surface area contributed by atoms with Crippen molar-refractivity contribution in [3.63, 3.8) is 0 Å². The van der Waals surface area contributed by atoms with E-state index in [-0.39, 0.29) is 0 Å². The van der Waals surface area contributed by atoms with Crippen molar-refractivity contribution in [2.75, 3.05) is 0 Å². The highest BCUT2D eigenvalue weighted by molar-refractivity contribution is 6.32. The molecule has 1 aromatic heterocycles. The first-order valence-electron chi connectivity index (χ1n) is 5.07. The van der Waals surface area contributed by atoms with Crippen molar-refractivity contribution in [1.82, 2.24) is 4.57 Å². The van der Waals surface area contributed by atoms with Crippen LogP contribution in [0.15, 0.2) is 18.3 Å². The monoisotopic (exact) mass is 237 g/mol. The summed E-state index contributed by atoms with van der Waals surface area (Å²) in [5.74, 6) is -0.904. The summed E-state index contributed by atoms with van der Waals surface area (Å²) in [5, 5.41) is 10.5. The highest BCUT2D eigenvalue weighted by Gasteiger charge is 2.14. The molecular formula is C12H12ClNO2. The Hall–Kier alpha value is -1.48. The minimum atomic E-state index is -0.904. The molecule has 2 rings (SSSR count). The number of rotatable bonds is 2. The third-order valence-corrected chi connectivity index (χ3v) is 3.14. The van der Waals surface area contributed by atoms with Gasteiger partial charge in [-0.25, -0.2) is 4.79 Å². The average Bonchev–Trinajstić information content (AvgIpc) is 2.57. The lowest BCUT2D eigenvalue weighted by Gasteiger charge is -2.02. The third-order valence-electron chi connectivity index (χ3n) is 2.73. The Balaban J connectivity index is 2.85. The minimum absolute atomic E-state index is 0.330. The number of carbonyl (C=O) groups is 1. The lowest BCUT2D eigenvalue weighted by atomic mass is 10.1. The predicted octanol–water partition coefficient (Wildman–Crippen LogP) is 3.32. The van der Waals surface area contributed by atoms with Crippen LogP contribution in [0.5, 0.6) is 0 Å². The quantitative estimate of drug-likeness (QED) is 0.871. The molecule has 0 saturated heterocycles. The Labute approximate surface area is 98.3 Å². The van der Waals surface area contributed by atoms with Gasteiger partial charge in [-0.3, -0.25) is 0 Å². The first-order chi connectivity index (χ1) is 7.54. The van der Waals surface area contributed by atoms with E-state index in [0.29, 0.717) is 10.6 Å². The molecule has 0 spiro atoms. The number of fused-ring (bicyclic) bond motifs is 1. The highest BCUT2D eigenvalue weighted by Crippen LogP contribution is 2.27. The molecule has 0 fully saturated rings. The van der Waals surface area contributed by atoms with Gasteiger partial charge in [-0.1, -0.05) is 11.6 Å². The number of carboxylic acids is 1. The Morgan fingerprint density at radius 1 is 1.50 bits per heavy atom. The molecule has 0 aliphatic rings. The number of hydrogen-bond acceptors (Lipinski definition) is 1. The molecule has 0 atom stereocenters. The van der Waals surface area contributed by atoms with Crippen LogP contribution < -0.4 is 0 Å². The lowest BCUT2D eigenvalue weighted by Crippen LogP contribution is -1.94. The molecule has 1 aromatic carbocycles. The van der Waals surface area contributed by atoms with Gasteiger partial charge in [-0.15, -0.1) is 0 Å². The molecule has 0 saturated carbocycles. The van der Waals surface area contributed by atoms with Crippen molar-refractivity contribution in [1.29, 1.82) is 0 Å². The maximum atomic E-state index is 11.1. The molecule has 0 radical (unpaired) electrons. The molecule has 0 amide bonds. The highest BCUT2D eigenvalue weighted by atomic mass is 35.5. The van der Waals surface area contributed by atoms with Gasteiger partial charge in [-0.2, -0.15) is 0 Å². The third kappa shape index (κ3) is 1.57. The molecular weight excluding hydrogens is 226 g/mol. The number of aromatic nitrogens is 1. The van der Waals surface area contributed by atoms with Crippen LogP contribution in [0, 0.1) is 6.92 Å². The summed E-state index contributed by atoms with van der Waals surface area (Å²) in [7, 11) is 0. The first-order valence-corrected chi connectivity index (χ1v) is 5.44. The van der Waals surface area contributed by atoms with E-state index in [1.165, 1.54) is 0 Å². The second kappa shape index (κ2) is 3.83. The first kappa shape index (κ1) is 11.0. The van der Waals surface area contributed by atoms with Crippen molar-refractivity contribution in [3.05, 3.63) is 34.5 Å². The van der Waals surface area contributed by atoms with Gasteiger partial charge in [0.2, 0.25) is 0 Å². The number of aryl methyl sites for hydroxylation is 2. The molecule has 0 bridgehead atoms. The molecule has 2 aromatic rings. The summed E-state index contributed by atoms with van der Waals surface area (Å²) in [5.41, 5.74) is 2.10. The molecule has 1 heterocycles. The Bertz CT molecular complexity index is 572. The van der Waals surface area contributed by atoms with Crippen molar-refractivity contribution in [2.24, 2.45) is 0 Å². The number of aromatic carboxylic acids is 1. The van der Waals surface area contributed by atoms with Crippen molar-refractivity contribution in [2.45, 2.75) is 20.4 Å². The van der Waals surface area contributed by atoms with E-state index in [4.69, 9.17) is 16.7 Å². The fourth-order valence-corrected chi connectivity index (χ4v) is 2.01. The van der Waals surface area contributed by atoms with Crippen LogP contribution in [0.2, 0.25) is 5.02 Å². The average molecular weight is 238 g/mol. The van der Waals surface area contributed by atoms with Crippen LogP contribution >= 0.6 is 11.6 Å². The van der Waals surface area contributed by atoms with E-state index in [0.717, 1.165) is 23.0 Å². The molecule has 0 aliphatic carbocycles. The molecule has 4 heteroatoms. The molecule has 0 aliphatic heterocycles. The van der Waals surface area contributed by atoms with Crippen LogP contribution in [0.4, 0.5) is 0 Å². The lowest BCUT2D eigenvalue weighted by molar-refractivity contribution is 0.0699. The van der Waals surface area contributed by atoms with E-state index >= 15 is 0 Å². The maximum absolute atomic E-state index is 11.1. The van der Waals surface area contributed by atoms with Crippen LogP contribution in [-0.2, 0) is 6.54 Å². The van der Waals surface area contributed by atoms with Gasteiger partial charge >= 0.3 is 5.97 Å². The largest absolute Gasteiger partial charge is 0.478 e. The summed E-state index contributed by atoms with van der Waals surface area (Å²) in [6.45, 7) is 4.57.